The molecule has 0 saturated heterocycles. The molecule has 0 bridgehead atoms. The van der Waals surface area contributed by atoms with Crippen LogP contribution in [-0.4, -0.2) is 30.5 Å². The lowest BCUT2D eigenvalue weighted by atomic mass is 10.0. The Morgan fingerprint density at radius 3 is 2.50 bits per heavy atom. The van der Waals surface area contributed by atoms with Crippen LogP contribution in [0.1, 0.15) is 50.0 Å². The van der Waals surface area contributed by atoms with Crippen molar-refractivity contribution < 1.29 is 9.53 Å². The van der Waals surface area contributed by atoms with Crippen molar-refractivity contribution in [3.8, 4) is 17.0 Å². The lowest BCUT2D eigenvalue weighted by Gasteiger charge is -2.15. The van der Waals surface area contributed by atoms with Gasteiger partial charge in [0.05, 0.1) is 17.5 Å². The maximum absolute atomic E-state index is 11.8. The summed E-state index contributed by atoms with van der Waals surface area (Å²) in [6, 6.07) is 14.0. The molecule has 0 radical (unpaired) electrons. The molecule has 3 rings (SSSR count). The first-order chi connectivity index (χ1) is 15.4. The van der Waals surface area contributed by atoms with E-state index in [4.69, 9.17) is 9.72 Å². The molecule has 0 atom stereocenters. The van der Waals surface area contributed by atoms with Crippen LogP contribution in [0.4, 0.5) is 10.8 Å². The van der Waals surface area contributed by atoms with E-state index in [1.807, 2.05) is 38.4 Å². The first kappa shape index (κ1) is 23.7. The fourth-order valence-electron chi connectivity index (χ4n) is 3.35. The predicted molar refractivity (Wildman–Crippen MR) is 135 cm³/mol. The third-order valence-corrected chi connectivity index (χ3v) is 5.80. The molecule has 0 aliphatic rings. The second-order valence-corrected chi connectivity index (χ2v) is 8.70. The molecule has 2 N–H and O–H groups in total. The standard InChI is InChI=1S/C26H31N3O2S/c1-6-19(13-14-27-5)20-7-9-21(10-8-20)24-16-32-26(29-24)28-23-15-22(18(4)30)11-12-25(23)31-17(2)3/h6-12,15-17,27H,13-14H2,1-5H3,(H,28,29). The van der Waals surface area contributed by atoms with Crippen LogP contribution in [0.3, 0.4) is 0 Å². The van der Waals surface area contributed by atoms with Gasteiger partial charge in [0.2, 0.25) is 0 Å². The number of allylic oxidation sites excluding steroid dienone is 1. The minimum absolute atomic E-state index is 0.0132. The van der Waals surface area contributed by atoms with E-state index < -0.39 is 0 Å². The van der Waals surface area contributed by atoms with Gasteiger partial charge in [0.15, 0.2) is 10.9 Å². The summed E-state index contributed by atoms with van der Waals surface area (Å²) < 4.78 is 5.91. The SMILES string of the molecule is CC=C(CCNC)c1ccc(-c2csc(Nc3cc(C(C)=O)ccc3OC(C)C)n2)cc1. The summed E-state index contributed by atoms with van der Waals surface area (Å²) in [6.07, 6.45) is 3.19. The number of anilines is 2. The van der Waals surface area contributed by atoms with Gasteiger partial charge in [0, 0.05) is 16.5 Å². The van der Waals surface area contributed by atoms with Crippen molar-refractivity contribution >= 4 is 33.5 Å². The van der Waals surface area contributed by atoms with Crippen molar-refractivity contribution in [2.24, 2.45) is 0 Å². The number of nitrogens with zero attached hydrogens (tertiary/aromatic N) is 1. The van der Waals surface area contributed by atoms with Gasteiger partial charge in [0.1, 0.15) is 5.75 Å². The summed E-state index contributed by atoms with van der Waals surface area (Å²) in [6.45, 7) is 8.55. The van der Waals surface area contributed by atoms with E-state index in [0.717, 1.165) is 35.0 Å². The van der Waals surface area contributed by atoms with Crippen molar-refractivity contribution in [1.82, 2.24) is 10.3 Å². The zero-order valence-electron chi connectivity index (χ0n) is 19.4. The van der Waals surface area contributed by atoms with Crippen molar-refractivity contribution in [2.45, 2.75) is 40.2 Å². The zero-order valence-corrected chi connectivity index (χ0v) is 20.2. The molecule has 1 heterocycles. The number of ether oxygens (including phenoxy) is 1. The van der Waals surface area contributed by atoms with E-state index in [0.29, 0.717) is 11.3 Å². The minimum Gasteiger partial charge on any atom is -0.489 e. The molecule has 0 spiro atoms. The molecule has 5 nitrogen and oxygen atoms in total. The topological polar surface area (TPSA) is 63.2 Å². The summed E-state index contributed by atoms with van der Waals surface area (Å²) in [5.41, 5.74) is 5.92. The number of benzene rings is 2. The Balaban J connectivity index is 1.80. The lowest BCUT2D eigenvalue weighted by molar-refractivity contribution is 0.101. The number of aromatic nitrogens is 1. The number of thiazole rings is 1. The molecule has 0 aliphatic heterocycles. The number of carbonyl (C=O) groups is 1. The van der Waals surface area contributed by atoms with Gasteiger partial charge in [-0.1, -0.05) is 30.3 Å². The summed E-state index contributed by atoms with van der Waals surface area (Å²) in [5, 5.41) is 9.33. The molecule has 6 heteroatoms. The van der Waals surface area contributed by atoms with Gasteiger partial charge in [-0.3, -0.25) is 4.79 Å². The molecule has 0 fully saturated rings. The summed E-state index contributed by atoms with van der Waals surface area (Å²) in [5.74, 6) is 0.714. The third kappa shape index (κ3) is 6.05. The number of rotatable bonds is 10. The van der Waals surface area contributed by atoms with Crippen molar-refractivity contribution in [3.63, 3.8) is 0 Å². The van der Waals surface area contributed by atoms with Gasteiger partial charge >= 0.3 is 0 Å². The van der Waals surface area contributed by atoms with Gasteiger partial charge in [-0.25, -0.2) is 4.98 Å². The van der Waals surface area contributed by atoms with Crippen LogP contribution in [0.5, 0.6) is 5.75 Å². The normalized spacial score (nSPS) is 11.6. The molecular weight excluding hydrogens is 418 g/mol. The Hall–Kier alpha value is -2.96. The molecule has 32 heavy (non-hydrogen) atoms. The monoisotopic (exact) mass is 449 g/mol. The maximum atomic E-state index is 11.8. The van der Waals surface area contributed by atoms with E-state index in [9.17, 15) is 4.79 Å². The van der Waals surface area contributed by atoms with Crippen molar-refractivity contribution in [3.05, 3.63) is 65.0 Å². The van der Waals surface area contributed by atoms with Crippen LogP contribution < -0.4 is 15.4 Å². The molecule has 0 aliphatic carbocycles. The quantitative estimate of drug-likeness (QED) is 0.343. The number of hydrogen-bond acceptors (Lipinski definition) is 6. The fourth-order valence-corrected chi connectivity index (χ4v) is 4.08. The summed E-state index contributed by atoms with van der Waals surface area (Å²) in [7, 11) is 1.97. The molecule has 0 saturated carbocycles. The number of nitrogens with one attached hydrogen (secondary N) is 2. The number of carbonyl (C=O) groups excluding carboxylic acids is 1. The lowest BCUT2D eigenvalue weighted by Crippen LogP contribution is -2.08. The van der Waals surface area contributed by atoms with Crippen molar-refractivity contribution in [1.29, 1.82) is 0 Å². The molecular formula is C26H31N3O2S. The van der Waals surface area contributed by atoms with Crippen LogP contribution in [0.25, 0.3) is 16.8 Å². The van der Waals surface area contributed by atoms with E-state index in [1.165, 1.54) is 22.5 Å². The Morgan fingerprint density at radius 1 is 1.16 bits per heavy atom. The molecule has 3 aromatic rings. The zero-order chi connectivity index (χ0) is 23.1. The van der Waals surface area contributed by atoms with E-state index in [1.54, 1.807) is 13.0 Å². The van der Waals surface area contributed by atoms with Gasteiger partial charge in [-0.2, -0.15) is 0 Å². The highest BCUT2D eigenvalue weighted by molar-refractivity contribution is 7.14. The first-order valence-corrected chi connectivity index (χ1v) is 11.7. The van der Waals surface area contributed by atoms with Gasteiger partial charge in [-0.15, -0.1) is 11.3 Å². The highest BCUT2D eigenvalue weighted by Gasteiger charge is 2.12. The van der Waals surface area contributed by atoms with Crippen LogP contribution in [-0.2, 0) is 0 Å². The van der Waals surface area contributed by atoms with Crippen LogP contribution in [0, 0.1) is 0 Å². The number of Topliss-reactive ketones (excluding diaryl/α,β-unsaturated/α-hetero) is 1. The molecule has 0 amide bonds. The van der Waals surface area contributed by atoms with E-state index >= 15 is 0 Å². The van der Waals surface area contributed by atoms with Crippen LogP contribution >= 0.6 is 11.3 Å². The Labute approximate surface area is 194 Å². The van der Waals surface area contributed by atoms with Crippen LogP contribution in [0.15, 0.2) is 53.9 Å². The molecule has 168 valence electrons. The second-order valence-electron chi connectivity index (χ2n) is 7.84. The highest BCUT2D eigenvalue weighted by Crippen LogP contribution is 2.33. The number of hydrogen-bond donors (Lipinski definition) is 2. The van der Waals surface area contributed by atoms with Gasteiger partial charge < -0.3 is 15.4 Å². The second kappa shape index (κ2) is 11.1. The van der Waals surface area contributed by atoms with Gasteiger partial charge in [-0.05, 0) is 77.0 Å². The molecule has 1 aromatic heterocycles. The Kier molecular flexibility index (Phi) is 8.20. The molecule has 0 unspecified atom stereocenters. The number of ketones is 1. The average Bonchev–Trinajstić information content (AvgIpc) is 3.24. The average molecular weight is 450 g/mol. The third-order valence-electron chi connectivity index (χ3n) is 5.04. The van der Waals surface area contributed by atoms with Gasteiger partial charge in [0.25, 0.3) is 0 Å². The maximum Gasteiger partial charge on any atom is 0.187 e. The highest BCUT2D eigenvalue weighted by atomic mass is 32.1. The Bertz CT molecular complexity index is 1080. The largest absolute Gasteiger partial charge is 0.489 e. The molecule has 2 aromatic carbocycles. The summed E-state index contributed by atoms with van der Waals surface area (Å²) >= 11 is 1.52. The fraction of sp³-hybridized carbons (Fsp3) is 0.308. The van der Waals surface area contributed by atoms with Crippen LogP contribution in [0.2, 0.25) is 0 Å². The predicted octanol–water partition coefficient (Wildman–Crippen LogP) is 6.56. The van der Waals surface area contributed by atoms with E-state index in [2.05, 4.69) is 47.9 Å². The smallest absolute Gasteiger partial charge is 0.187 e. The summed E-state index contributed by atoms with van der Waals surface area (Å²) in [4.78, 5) is 16.6. The minimum atomic E-state index is 0.0132. The Morgan fingerprint density at radius 2 is 1.88 bits per heavy atom. The first-order valence-electron chi connectivity index (χ1n) is 10.9. The van der Waals surface area contributed by atoms with Crippen molar-refractivity contribution in [2.75, 3.05) is 18.9 Å². The van der Waals surface area contributed by atoms with E-state index in [-0.39, 0.29) is 11.9 Å².